The number of anilines is 2. The van der Waals surface area contributed by atoms with E-state index in [9.17, 15) is 17.6 Å². The van der Waals surface area contributed by atoms with Crippen molar-refractivity contribution in [3.63, 3.8) is 0 Å². The Morgan fingerprint density at radius 2 is 1.50 bits per heavy atom. The van der Waals surface area contributed by atoms with E-state index in [0.717, 1.165) is 41.9 Å². The van der Waals surface area contributed by atoms with Gasteiger partial charge in [0.15, 0.2) is 0 Å². The van der Waals surface area contributed by atoms with Crippen LogP contribution in [0.1, 0.15) is 24.0 Å². The number of benzene rings is 2. The molecule has 0 radical (unpaired) electrons. The summed E-state index contributed by atoms with van der Waals surface area (Å²) in [6.45, 7) is 2.61. The first-order chi connectivity index (χ1) is 14.4. The maximum absolute atomic E-state index is 13.4. The van der Waals surface area contributed by atoms with Gasteiger partial charge in [-0.15, -0.1) is 0 Å². The molecule has 5 rings (SSSR count). The maximum Gasteiger partial charge on any atom is 0.243 e. The van der Waals surface area contributed by atoms with Crippen LogP contribution in [-0.4, -0.2) is 51.4 Å². The number of rotatable bonds is 3. The summed E-state index contributed by atoms with van der Waals surface area (Å²) in [5.74, 6) is -0.146. The molecule has 0 N–H and O–H groups in total. The van der Waals surface area contributed by atoms with Crippen LogP contribution in [0.25, 0.3) is 0 Å². The van der Waals surface area contributed by atoms with Gasteiger partial charge in [0.1, 0.15) is 5.82 Å². The molecule has 3 aliphatic rings. The molecule has 8 heteroatoms. The van der Waals surface area contributed by atoms with Gasteiger partial charge in [0.2, 0.25) is 15.9 Å². The molecule has 0 spiro atoms. The summed E-state index contributed by atoms with van der Waals surface area (Å²) in [7, 11) is -3.60. The van der Waals surface area contributed by atoms with Gasteiger partial charge in [-0.1, -0.05) is 0 Å². The Hall–Kier alpha value is -2.45. The molecule has 3 heterocycles. The number of hydrogen-bond acceptors (Lipinski definition) is 4. The van der Waals surface area contributed by atoms with Gasteiger partial charge < -0.3 is 9.80 Å². The van der Waals surface area contributed by atoms with Crippen LogP contribution in [0.3, 0.4) is 0 Å². The van der Waals surface area contributed by atoms with Crippen molar-refractivity contribution < 1.29 is 17.6 Å². The molecule has 1 amide bonds. The molecule has 0 unspecified atom stereocenters. The van der Waals surface area contributed by atoms with E-state index < -0.39 is 10.0 Å². The van der Waals surface area contributed by atoms with Crippen LogP contribution in [0.4, 0.5) is 15.8 Å². The van der Waals surface area contributed by atoms with Gasteiger partial charge in [-0.2, -0.15) is 4.31 Å². The van der Waals surface area contributed by atoms with Crippen LogP contribution < -0.4 is 9.80 Å². The SMILES string of the molecule is O=C1CCc2cc(S(=O)(=O)N3CCN(c4ccc(F)cc4)CC3)cc3c2N1CCC3. The Bertz CT molecular complexity index is 1080. The maximum atomic E-state index is 13.4. The van der Waals surface area contributed by atoms with Crippen molar-refractivity contribution in [3.8, 4) is 0 Å². The molecule has 30 heavy (non-hydrogen) atoms. The molecule has 3 aliphatic heterocycles. The highest BCUT2D eigenvalue weighted by Crippen LogP contribution is 2.38. The summed E-state index contributed by atoms with van der Waals surface area (Å²) < 4.78 is 41.4. The number of nitrogens with zero attached hydrogens (tertiary/aromatic N) is 3. The standard InChI is InChI=1S/C22H24FN3O3S/c23-18-4-6-19(7-5-18)24-10-12-25(13-11-24)30(28,29)20-14-16-2-1-9-26-21(27)8-3-17(15-20)22(16)26/h4-7,14-15H,1-3,8-13H2. The molecule has 1 fully saturated rings. The molecule has 1 saturated heterocycles. The fraction of sp³-hybridized carbons (Fsp3) is 0.409. The topological polar surface area (TPSA) is 60.9 Å². The zero-order chi connectivity index (χ0) is 20.9. The monoisotopic (exact) mass is 429 g/mol. The highest BCUT2D eigenvalue weighted by atomic mass is 32.2. The van der Waals surface area contributed by atoms with Crippen LogP contribution in [-0.2, 0) is 27.7 Å². The van der Waals surface area contributed by atoms with Crippen LogP contribution in [0, 0.1) is 5.82 Å². The van der Waals surface area contributed by atoms with Crippen molar-refractivity contribution in [3.05, 3.63) is 53.3 Å². The Kier molecular flexibility index (Phi) is 4.78. The fourth-order valence-corrected chi connectivity index (χ4v) is 6.28. The molecule has 0 saturated carbocycles. The minimum atomic E-state index is -3.60. The summed E-state index contributed by atoms with van der Waals surface area (Å²) in [5.41, 5.74) is 3.78. The van der Waals surface area contributed by atoms with Gasteiger partial charge in [-0.05, 0) is 66.8 Å². The normalized spacial score (nSPS) is 19.7. The predicted octanol–water partition coefficient (Wildman–Crippen LogP) is 2.56. The van der Waals surface area contributed by atoms with Gasteiger partial charge in [-0.25, -0.2) is 12.8 Å². The first-order valence-corrected chi connectivity index (χ1v) is 11.8. The van der Waals surface area contributed by atoms with Crippen LogP contribution in [0.5, 0.6) is 0 Å². The first kappa shape index (κ1) is 19.5. The molecule has 158 valence electrons. The zero-order valence-electron chi connectivity index (χ0n) is 16.7. The minimum absolute atomic E-state index is 0.135. The predicted molar refractivity (Wildman–Crippen MR) is 113 cm³/mol. The molecule has 0 aliphatic carbocycles. The molecule has 2 aromatic rings. The molecular weight excluding hydrogens is 405 g/mol. The third kappa shape index (κ3) is 3.28. The smallest absolute Gasteiger partial charge is 0.243 e. The Morgan fingerprint density at radius 1 is 0.833 bits per heavy atom. The van der Waals surface area contributed by atoms with Crippen LogP contribution in [0.15, 0.2) is 41.3 Å². The number of sulfonamides is 1. The lowest BCUT2D eigenvalue weighted by molar-refractivity contribution is -0.119. The first-order valence-electron chi connectivity index (χ1n) is 10.4. The second-order valence-electron chi connectivity index (χ2n) is 8.11. The number of halogens is 1. The second kappa shape index (κ2) is 7.35. The summed E-state index contributed by atoms with van der Waals surface area (Å²) in [6, 6.07) is 9.83. The van der Waals surface area contributed by atoms with E-state index in [1.165, 1.54) is 16.4 Å². The molecule has 0 aromatic heterocycles. The summed E-state index contributed by atoms with van der Waals surface area (Å²) in [6.07, 6.45) is 2.69. The van der Waals surface area contributed by atoms with E-state index in [-0.39, 0.29) is 11.7 Å². The zero-order valence-corrected chi connectivity index (χ0v) is 17.5. The third-order valence-electron chi connectivity index (χ3n) is 6.32. The molecule has 0 bridgehead atoms. The van der Waals surface area contributed by atoms with Crippen LogP contribution >= 0.6 is 0 Å². The second-order valence-corrected chi connectivity index (χ2v) is 10.0. The quantitative estimate of drug-likeness (QED) is 0.753. The largest absolute Gasteiger partial charge is 0.369 e. The van der Waals surface area contributed by atoms with Gasteiger partial charge in [-0.3, -0.25) is 4.79 Å². The summed E-state index contributed by atoms with van der Waals surface area (Å²) >= 11 is 0. The lowest BCUT2D eigenvalue weighted by atomic mass is 9.92. The molecular formula is C22H24FN3O3S. The lowest BCUT2D eigenvalue weighted by Gasteiger charge is -2.37. The Morgan fingerprint density at radius 3 is 2.20 bits per heavy atom. The highest BCUT2D eigenvalue weighted by molar-refractivity contribution is 7.89. The Labute approximate surface area is 175 Å². The van der Waals surface area contributed by atoms with Gasteiger partial charge >= 0.3 is 0 Å². The van der Waals surface area contributed by atoms with Crippen molar-refractivity contribution in [2.75, 3.05) is 42.5 Å². The van der Waals surface area contributed by atoms with E-state index in [1.54, 1.807) is 24.3 Å². The number of hydrogen-bond donors (Lipinski definition) is 0. The highest BCUT2D eigenvalue weighted by Gasteiger charge is 2.34. The number of amides is 1. The van der Waals surface area contributed by atoms with Crippen molar-refractivity contribution in [1.82, 2.24) is 4.31 Å². The van der Waals surface area contributed by atoms with Crippen molar-refractivity contribution >= 4 is 27.3 Å². The summed E-state index contributed by atoms with van der Waals surface area (Å²) in [5, 5.41) is 0. The number of carbonyl (C=O) groups excluding carboxylic acids is 1. The summed E-state index contributed by atoms with van der Waals surface area (Å²) in [4.78, 5) is 16.5. The van der Waals surface area contributed by atoms with Gasteiger partial charge in [0, 0.05) is 44.8 Å². The van der Waals surface area contributed by atoms with E-state index in [0.29, 0.717) is 43.9 Å². The average Bonchev–Trinajstić information content (AvgIpc) is 2.77. The van der Waals surface area contributed by atoms with Crippen molar-refractivity contribution in [2.24, 2.45) is 0 Å². The average molecular weight is 430 g/mol. The molecule has 0 atom stereocenters. The molecule has 2 aromatic carbocycles. The fourth-order valence-electron chi connectivity index (χ4n) is 4.76. The van der Waals surface area contributed by atoms with Crippen molar-refractivity contribution in [2.45, 2.75) is 30.6 Å². The lowest BCUT2D eigenvalue weighted by Crippen LogP contribution is -2.48. The number of aryl methyl sites for hydroxylation is 2. The number of carbonyl (C=O) groups is 1. The van der Waals surface area contributed by atoms with Crippen LogP contribution in [0.2, 0.25) is 0 Å². The number of piperazine rings is 1. The van der Waals surface area contributed by atoms with E-state index >= 15 is 0 Å². The Balaban J connectivity index is 1.39. The van der Waals surface area contributed by atoms with E-state index in [1.807, 2.05) is 4.90 Å². The van der Waals surface area contributed by atoms with Gasteiger partial charge in [0.05, 0.1) is 10.6 Å². The third-order valence-corrected chi connectivity index (χ3v) is 8.19. The van der Waals surface area contributed by atoms with E-state index in [2.05, 4.69) is 4.90 Å². The van der Waals surface area contributed by atoms with Crippen molar-refractivity contribution in [1.29, 1.82) is 0 Å². The molecule has 6 nitrogen and oxygen atoms in total. The van der Waals surface area contributed by atoms with Gasteiger partial charge in [0.25, 0.3) is 0 Å². The van der Waals surface area contributed by atoms with E-state index in [4.69, 9.17) is 0 Å². The minimum Gasteiger partial charge on any atom is -0.369 e.